The molecular weight excluding hydrogens is 182 g/mol. The third kappa shape index (κ3) is 5.01. The molecule has 0 aromatic rings. The van der Waals surface area contributed by atoms with Crippen LogP contribution in [-0.4, -0.2) is 6.04 Å². The molecule has 0 aromatic carbocycles. The second-order valence-electron chi connectivity index (χ2n) is 5.42. The van der Waals surface area contributed by atoms with Crippen LogP contribution in [0.5, 0.6) is 0 Å². The number of hydrogen-bond donors (Lipinski definition) is 1. The van der Waals surface area contributed by atoms with E-state index in [0.717, 1.165) is 11.8 Å². The molecular formula is C14H29N. The van der Waals surface area contributed by atoms with Crippen molar-refractivity contribution >= 4 is 0 Å². The molecule has 0 bridgehead atoms. The molecule has 15 heavy (non-hydrogen) atoms. The topological polar surface area (TPSA) is 26.0 Å². The molecule has 1 aliphatic carbocycles. The van der Waals surface area contributed by atoms with Crippen molar-refractivity contribution in [3.05, 3.63) is 0 Å². The fourth-order valence-corrected chi connectivity index (χ4v) is 2.89. The Morgan fingerprint density at radius 1 is 1.00 bits per heavy atom. The van der Waals surface area contributed by atoms with Gasteiger partial charge in [0.2, 0.25) is 0 Å². The fourth-order valence-electron chi connectivity index (χ4n) is 2.89. The Kier molecular flexibility index (Phi) is 6.31. The van der Waals surface area contributed by atoms with Crippen LogP contribution in [0.2, 0.25) is 0 Å². The maximum absolute atomic E-state index is 6.05. The average molecular weight is 211 g/mol. The molecule has 1 heteroatoms. The van der Waals surface area contributed by atoms with E-state index >= 15 is 0 Å². The predicted octanol–water partition coefficient (Wildman–Crippen LogP) is 4.11. The van der Waals surface area contributed by atoms with Crippen LogP contribution < -0.4 is 5.73 Å². The van der Waals surface area contributed by atoms with E-state index in [1.54, 1.807) is 0 Å². The molecule has 0 amide bonds. The van der Waals surface area contributed by atoms with E-state index in [9.17, 15) is 0 Å². The van der Waals surface area contributed by atoms with E-state index in [4.69, 9.17) is 5.73 Å². The second-order valence-corrected chi connectivity index (χ2v) is 5.42. The van der Waals surface area contributed by atoms with Crippen molar-refractivity contribution in [1.29, 1.82) is 0 Å². The summed E-state index contributed by atoms with van der Waals surface area (Å²) in [6, 6.07) is 0.471. The minimum absolute atomic E-state index is 0.471. The first-order chi connectivity index (χ1) is 7.26. The average Bonchev–Trinajstić information content (AvgIpc) is 2.27. The Bertz CT molecular complexity index is 147. The molecule has 0 radical (unpaired) electrons. The molecule has 0 aromatic heterocycles. The molecule has 1 rings (SSSR count). The minimum atomic E-state index is 0.471. The first kappa shape index (κ1) is 13.0. The van der Waals surface area contributed by atoms with Crippen molar-refractivity contribution in [2.45, 2.75) is 77.7 Å². The highest BCUT2D eigenvalue weighted by Crippen LogP contribution is 2.33. The van der Waals surface area contributed by atoms with Crippen molar-refractivity contribution in [3.8, 4) is 0 Å². The molecule has 1 unspecified atom stereocenters. The van der Waals surface area contributed by atoms with Crippen molar-refractivity contribution < 1.29 is 0 Å². The van der Waals surface area contributed by atoms with E-state index in [0.29, 0.717) is 6.04 Å². The van der Waals surface area contributed by atoms with E-state index in [-0.39, 0.29) is 0 Å². The summed E-state index contributed by atoms with van der Waals surface area (Å²) < 4.78 is 0. The minimum Gasteiger partial charge on any atom is -0.328 e. The Balaban J connectivity index is 2.08. The highest BCUT2D eigenvalue weighted by Gasteiger charge is 2.20. The standard InChI is InChI=1S/C14H29N/c1-3-5-14(15)11-10-13-8-6-12(4-2)7-9-13/h12-14H,3-11,15H2,1-2H3. The molecule has 0 heterocycles. The van der Waals surface area contributed by atoms with Crippen LogP contribution in [0.25, 0.3) is 0 Å². The largest absolute Gasteiger partial charge is 0.328 e. The lowest BCUT2D eigenvalue weighted by Gasteiger charge is -2.28. The van der Waals surface area contributed by atoms with Crippen molar-refractivity contribution in [3.63, 3.8) is 0 Å². The lowest BCUT2D eigenvalue weighted by atomic mass is 9.78. The van der Waals surface area contributed by atoms with Crippen LogP contribution in [0.3, 0.4) is 0 Å². The van der Waals surface area contributed by atoms with Crippen molar-refractivity contribution in [1.82, 2.24) is 0 Å². The highest BCUT2D eigenvalue weighted by atomic mass is 14.6. The second kappa shape index (κ2) is 7.27. The summed E-state index contributed by atoms with van der Waals surface area (Å²) in [6.07, 6.45) is 12.4. The summed E-state index contributed by atoms with van der Waals surface area (Å²) in [5.74, 6) is 2.03. The SMILES string of the molecule is CCCC(N)CCC1CCC(CC)CC1. The molecule has 0 aliphatic heterocycles. The summed E-state index contributed by atoms with van der Waals surface area (Å²) in [5.41, 5.74) is 6.05. The smallest absolute Gasteiger partial charge is 0.00388 e. The van der Waals surface area contributed by atoms with E-state index in [1.165, 1.54) is 57.8 Å². The van der Waals surface area contributed by atoms with E-state index < -0.39 is 0 Å². The van der Waals surface area contributed by atoms with E-state index in [2.05, 4.69) is 13.8 Å². The quantitative estimate of drug-likeness (QED) is 0.703. The van der Waals surface area contributed by atoms with Gasteiger partial charge in [0.05, 0.1) is 0 Å². The highest BCUT2D eigenvalue weighted by molar-refractivity contribution is 4.73. The zero-order valence-electron chi connectivity index (χ0n) is 10.7. The van der Waals surface area contributed by atoms with Crippen molar-refractivity contribution in [2.75, 3.05) is 0 Å². The summed E-state index contributed by atoms with van der Waals surface area (Å²) in [4.78, 5) is 0. The Morgan fingerprint density at radius 2 is 1.60 bits per heavy atom. The van der Waals surface area contributed by atoms with Gasteiger partial charge < -0.3 is 5.73 Å². The van der Waals surface area contributed by atoms with Gasteiger partial charge in [-0.2, -0.15) is 0 Å². The van der Waals surface area contributed by atoms with Gasteiger partial charge in [-0.05, 0) is 31.1 Å². The van der Waals surface area contributed by atoms with Crippen LogP contribution in [0, 0.1) is 11.8 Å². The van der Waals surface area contributed by atoms with Crippen LogP contribution in [0.1, 0.15) is 71.6 Å². The summed E-state index contributed by atoms with van der Waals surface area (Å²) in [5, 5.41) is 0. The normalized spacial score (nSPS) is 29.0. The molecule has 1 nitrogen and oxygen atoms in total. The van der Waals surface area contributed by atoms with Gasteiger partial charge in [-0.15, -0.1) is 0 Å². The first-order valence-corrected chi connectivity index (χ1v) is 7.01. The summed E-state index contributed by atoms with van der Waals surface area (Å²) in [6.45, 7) is 4.56. The van der Waals surface area contributed by atoms with Gasteiger partial charge in [0.25, 0.3) is 0 Å². The van der Waals surface area contributed by atoms with Gasteiger partial charge in [-0.1, -0.05) is 52.4 Å². The predicted molar refractivity (Wildman–Crippen MR) is 67.9 cm³/mol. The van der Waals surface area contributed by atoms with Gasteiger partial charge in [0, 0.05) is 6.04 Å². The maximum atomic E-state index is 6.05. The third-order valence-electron chi connectivity index (χ3n) is 4.15. The number of rotatable bonds is 6. The fraction of sp³-hybridized carbons (Fsp3) is 1.00. The third-order valence-corrected chi connectivity index (χ3v) is 4.15. The summed E-state index contributed by atoms with van der Waals surface area (Å²) >= 11 is 0. The van der Waals surface area contributed by atoms with Crippen LogP contribution >= 0.6 is 0 Å². The van der Waals surface area contributed by atoms with Gasteiger partial charge >= 0.3 is 0 Å². The van der Waals surface area contributed by atoms with Gasteiger partial charge in [-0.3, -0.25) is 0 Å². The molecule has 90 valence electrons. The van der Waals surface area contributed by atoms with Gasteiger partial charge in [0.15, 0.2) is 0 Å². The van der Waals surface area contributed by atoms with Crippen molar-refractivity contribution in [2.24, 2.45) is 17.6 Å². The lowest BCUT2D eigenvalue weighted by molar-refractivity contribution is 0.250. The van der Waals surface area contributed by atoms with Gasteiger partial charge in [0.1, 0.15) is 0 Å². The zero-order valence-corrected chi connectivity index (χ0v) is 10.7. The number of nitrogens with two attached hydrogens (primary N) is 1. The maximum Gasteiger partial charge on any atom is 0.00388 e. The Labute approximate surface area is 95.8 Å². The molecule has 0 spiro atoms. The lowest BCUT2D eigenvalue weighted by Crippen LogP contribution is -2.22. The monoisotopic (exact) mass is 211 g/mol. The molecule has 0 saturated heterocycles. The Hall–Kier alpha value is -0.0400. The van der Waals surface area contributed by atoms with Gasteiger partial charge in [-0.25, -0.2) is 0 Å². The van der Waals surface area contributed by atoms with Crippen LogP contribution in [-0.2, 0) is 0 Å². The molecule has 1 saturated carbocycles. The molecule has 2 N–H and O–H groups in total. The first-order valence-electron chi connectivity index (χ1n) is 7.01. The number of hydrogen-bond acceptors (Lipinski definition) is 1. The van der Waals surface area contributed by atoms with Crippen LogP contribution in [0.4, 0.5) is 0 Å². The summed E-state index contributed by atoms with van der Waals surface area (Å²) in [7, 11) is 0. The Morgan fingerprint density at radius 3 is 2.13 bits per heavy atom. The van der Waals surface area contributed by atoms with E-state index in [1.807, 2.05) is 0 Å². The van der Waals surface area contributed by atoms with Crippen LogP contribution in [0.15, 0.2) is 0 Å². The molecule has 1 fully saturated rings. The molecule has 1 atom stereocenters. The molecule has 1 aliphatic rings. The zero-order chi connectivity index (χ0) is 11.1.